The van der Waals surface area contributed by atoms with Crippen molar-refractivity contribution >= 4 is 22.7 Å². The molecule has 1 N–H and O–H groups in total. The molecule has 0 bridgehead atoms. The van der Waals surface area contributed by atoms with Crippen LogP contribution in [0.25, 0.3) is 10.9 Å². The fraction of sp³-hybridized carbons (Fsp3) is 0.429. The van der Waals surface area contributed by atoms with Crippen molar-refractivity contribution in [2.45, 2.75) is 76.5 Å². The van der Waals surface area contributed by atoms with Crippen LogP contribution in [0.5, 0.6) is 0 Å². The van der Waals surface area contributed by atoms with E-state index in [1.54, 1.807) is 0 Å². The van der Waals surface area contributed by atoms with Gasteiger partial charge in [0, 0.05) is 16.9 Å². The largest absolute Gasteiger partial charge is 0.351 e. The van der Waals surface area contributed by atoms with Crippen molar-refractivity contribution in [3.63, 3.8) is 0 Å². The van der Waals surface area contributed by atoms with Crippen LogP contribution in [-0.4, -0.2) is 32.9 Å². The first-order valence-electron chi connectivity index (χ1n) is 12.3. The number of hydrogen-bond acceptors (Lipinski definition) is 2. The van der Waals surface area contributed by atoms with E-state index in [0.29, 0.717) is 12.2 Å². The van der Waals surface area contributed by atoms with E-state index in [1.807, 2.05) is 84.0 Å². The van der Waals surface area contributed by atoms with Gasteiger partial charge in [-0.3, -0.25) is 9.59 Å². The highest BCUT2D eigenvalue weighted by Crippen LogP contribution is 2.38. The standard InChI is InChI=1S/C28H33N3O2/c1-20(21-12-6-5-7-13-21)31-26(32)25-18-22-14-10-11-17-24(22)30(25)19-28(31,2)27(33)29-23-15-8-3-4-9-16-23/h5-7,10-14,17-18,20,23H,3-4,8-9,15-16,19H2,1-2H3,(H,29,33)/t20-,28+/m0/s1. The second kappa shape index (κ2) is 8.69. The van der Waals surface area contributed by atoms with E-state index in [0.717, 1.165) is 42.1 Å². The van der Waals surface area contributed by atoms with E-state index in [1.165, 1.54) is 12.8 Å². The van der Waals surface area contributed by atoms with Crippen LogP contribution < -0.4 is 5.32 Å². The lowest BCUT2D eigenvalue weighted by molar-refractivity contribution is -0.135. The molecule has 2 amide bonds. The molecular formula is C28H33N3O2. The molecule has 1 saturated carbocycles. The molecule has 2 heterocycles. The smallest absolute Gasteiger partial charge is 0.271 e. The molecule has 2 aromatic carbocycles. The number of hydrogen-bond donors (Lipinski definition) is 1. The van der Waals surface area contributed by atoms with Crippen molar-refractivity contribution in [1.82, 2.24) is 14.8 Å². The molecule has 1 aliphatic heterocycles. The maximum absolute atomic E-state index is 14.0. The van der Waals surface area contributed by atoms with Crippen LogP contribution in [0.3, 0.4) is 0 Å². The van der Waals surface area contributed by atoms with Gasteiger partial charge in [0.15, 0.2) is 0 Å². The number of amides is 2. The highest BCUT2D eigenvalue weighted by Gasteiger charge is 2.50. The lowest BCUT2D eigenvalue weighted by Gasteiger charge is -2.47. The Labute approximate surface area is 195 Å². The first kappa shape index (κ1) is 21.7. The Bertz CT molecular complexity index is 1160. The molecule has 0 saturated heterocycles. The number of aromatic nitrogens is 1. The molecule has 0 unspecified atom stereocenters. The average Bonchev–Trinajstić information content (AvgIpc) is 3.00. The quantitative estimate of drug-likeness (QED) is 0.545. The molecule has 2 atom stereocenters. The van der Waals surface area contributed by atoms with Gasteiger partial charge in [-0.05, 0) is 44.4 Å². The summed E-state index contributed by atoms with van der Waals surface area (Å²) in [6.45, 7) is 4.41. The summed E-state index contributed by atoms with van der Waals surface area (Å²) in [4.78, 5) is 29.8. The number of para-hydroxylation sites is 1. The SMILES string of the molecule is C[C@@H](c1ccccc1)N1C(=O)c2cc3ccccc3n2C[C@]1(C)C(=O)NC1CCCCCC1. The van der Waals surface area contributed by atoms with E-state index >= 15 is 0 Å². The van der Waals surface area contributed by atoms with Crippen molar-refractivity contribution < 1.29 is 9.59 Å². The molecule has 1 aromatic heterocycles. The predicted octanol–water partition coefficient (Wildman–Crippen LogP) is 5.46. The molecular weight excluding hydrogens is 410 g/mol. The van der Waals surface area contributed by atoms with Gasteiger partial charge >= 0.3 is 0 Å². The Morgan fingerprint density at radius 2 is 1.67 bits per heavy atom. The van der Waals surface area contributed by atoms with Crippen LogP contribution in [0.15, 0.2) is 60.7 Å². The molecule has 0 radical (unpaired) electrons. The summed E-state index contributed by atoms with van der Waals surface area (Å²) >= 11 is 0. The highest BCUT2D eigenvalue weighted by molar-refractivity contribution is 6.03. The Hall–Kier alpha value is -3.08. The number of nitrogens with zero attached hydrogens (tertiary/aromatic N) is 2. The molecule has 172 valence electrons. The predicted molar refractivity (Wildman–Crippen MR) is 131 cm³/mol. The summed E-state index contributed by atoms with van der Waals surface area (Å²) in [5, 5.41) is 4.38. The molecule has 0 spiro atoms. The Morgan fingerprint density at radius 3 is 2.39 bits per heavy atom. The maximum Gasteiger partial charge on any atom is 0.271 e. The minimum atomic E-state index is -0.993. The highest BCUT2D eigenvalue weighted by atomic mass is 16.2. The maximum atomic E-state index is 14.0. The zero-order valence-electron chi connectivity index (χ0n) is 19.6. The number of nitrogens with one attached hydrogen (secondary N) is 1. The van der Waals surface area contributed by atoms with Crippen LogP contribution in [0, 0.1) is 0 Å². The lowest BCUT2D eigenvalue weighted by Crippen LogP contribution is -2.65. The third-order valence-electron chi connectivity index (χ3n) is 7.60. The van der Waals surface area contributed by atoms with Gasteiger partial charge in [-0.1, -0.05) is 74.2 Å². The molecule has 1 fully saturated rings. The van der Waals surface area contributed by atoms with Gasteiger partial charge in [-0.25, -0.2) is 0 Å². The third-order valence-corrected chi connectivity index (χ3v) is 7.60. The van der Waals surface area contributed by atoms with Gasteiger partial charge in [0.25, 0.3) is 5.91 Å². The minimum absolute atomic E-state index is 0.0473. The number of rotatable bonds is 4. The van der Waals surface area contributed by atoms with Crippen LogP contribution in [-0.2, 0) is 11.3 Å². The first-order valence-corrected chi connectivity index (χ1v) is 12.3. The summed E-state index contributed by atoms with van der Waals surface area (Å²) in [5.74, 6) is -0.138. The van der Waals surface area contributed by atoms with Crippen molar-refractivity contribution in [2.75, 3.05) is 0 Å². The van der Waals surface area contributed by atoms with Crippen LogP contribution >= 0.6 is 0 Å². The Morgan fingerprint density at radius 1 is 1.00 bits per heavy atom. The van der Waals surface area contributed by atoms with Gasteiger partial charge in [0.05, 0.1) is 12.6 Å². The number of benzene rings is 2. The fourth-order valence-corrected chi connectivity index (χ4v) is 5.72. The van der Waals surface area contributed by atoms with E-state index in [-0.39, 0.29) is 23.9 Å². The number of carbonyl (C=O) groups is 2. The van der Waals surface area contributed by atoms with E-state index in [2.05, 4.69) is 5.32 Å². The fourth-order valence-electron chi connectivity index (χ4n) is 5.72. The second-order valence-electron chi connectivity index (χ2n) is 9.87. The molecule has 5 heteroatoms. The molecule has 5 rings (SSSR count). The average molecular weight is 444 g/mol. The number of fused-ring (bicyclic) bond motifs is 3. The second-order valence-corrected chi connectivity index (χ2v) is 9.87. The Balaban J connectivity index is 1.57. The van der Waals surface area contributed by atoms with Crippen molar-refractivity contribution in [3.8, 4) is 0 Å². The summed E-state index contributed by atoms with van der Waals surface area (Å²) in [5.41, 5.74) is 1.69. The normalized spacial score (nSPS) is 22.6. The van der Waals surface area contributed by atoms with Crippen LogP contribution in [0.1, 0.15) is 74.5 Å². The topological polar surface area (TPSA) is 54.3 Å². The monoisotopic (exact) mass is 443 g/mol. The first-order chi connectivity index (χ1) is 16.0. The van der Waals surface area contributed by atoms with E-state index in [4.69, 9.17) is 0 Å². The van der Waals surface area contributed by atoms with Crippen LogP contribution in [0.2, 0.25) is 0 Å². The van der Waals surface area contributed by atoms with Gasteiger partial charge in [0.2, 0.25) is 5.91 Å². The third kappa shape index (κ3) is 3.84. The summed E-state index contributed by atoms with van der Waals surface area (Å²) in [6.07, 6.45) is 6.80. The summed E-state index contributed by atoms with van der Waals surface area (Å²) in [6, 6.07) is 20.0. The zero-order valence-corrected chi connectivity index (χ0v) is 19.6. The van der Waals surface area contributed by atoms with Crippen LogP contribution in [0.4, 0.5) is 0 Å². The van der Waals surface area contributed by atoms with Gasteiger partial charge in [-0.2, -0.15) is 0 Å². The minimum Gasteiger partial charge on any atom is -0.351 e. The molecule has 1 aliphatic carbocycles. The molecule has 2 aliphatic rings. The molecule has 3 aromatic rings. The van der Waals surface area contributed by atoms with Gasteiger partial charge in [-0.15, -0.1) is 0 Å². The van der Waals surface area contributed by atoms with Crippen molar-refractivity contribution in [2.24, 2.45) is 0 Å². The van der Waals surface area contributed by atoms with Gasteiger partial charge < -0.3 is 14.8 Å². The molecule has 5 nitrogen and oxygen atoms in total. The van der Waals surface area contributed by atoms with Crippen molar-refractivity contribution in [1.29, 1.82) is 0 Å². The van der Waals surface area contributed by atoms with E-state index < -0.39 is 5.54 Å². The summed E-state index contributed by atoms with van der Waals surface area (Å²) < 4.78 is 2.04. The summed E-state index contributed by atoms with van der Waals surface area (Å²) in [7, 11) is 0. The Kier molecular flexibility index (Phi) is 5.73. The number of carbonyl (C=O) groups excluding carboxylic acids is 2. The van der Waals surface area contributed by atoms with Gasteiger partial charge in [0.1, 0.15) is 11.2 Å². The van der Waals surface area contributed by atoms with Crippen molar-refractivity contribution in [3.05, 3.63) is 71.9 Å². The lowest BCUT2D eigenvalue weighted by atomic mass is 9.90. The zero-order chi connectivity index (χ0) is 23.0. The molecule has 33 heavy (non-hydrogen) atoms. The van der Waals surface area contributed by atoms with E-state index in [9.17, 15) is 9.59 Å².